The zero-order valence-corrected chi connectivity index (χ0v) is 16.3. The van der Waals surface area contributed by atoms with Crippen molar-refractivity contribution in [2.45, 2.75) is 12.8 Å². The first-order chi connectivity index (χ1) is 13.1. The second-order valence-corrected chi connectivity index (χ2v) is 7.14. The molecule has 1 heterocycles. The molecule has 0 radical (unpaired) electrons. The maximum atomic E-state index is 12.3. The SMILES string of the molecule is O=C(NCCCN1C(=O)c2ccc(Br)cc2C1=O)NCCc1ccccc1. The van der Waals surface area contributed by atoms with E-state index in [1.807, 2.05) is 30.3 Å². The highest BCUT2D eigenvalue weighted by molar-refractivity contribution is 9.10. The number of nitrogens with one attached hydrogen (secondary N) is 2. The Morgan fingerprint density at radius 3 is 2.41 bits per heavy atom. The summed E-state index contributed by atoms with van der Waals surface area (Å²) in [4.78, 5) is 37.7. The van der Waals surface area contributed by atoms with Crippen LogP contribution in [-0.2, 0) is 6.42 Å². The van der Waals surface area contributed by atoms with E-state index in [-0.39, 0.29) is 24.4 Å². The van der Waals surface area contributed by atoms with Crippen molar-refractivity contribution in [2.24, 2.45) is 0 Å². The van der Waals surface area contributed by atoms with Crippen LogP contribution >= 0.6 is 15.9 Å². The number of urea groups is 1. The lowest BCUT2D eigenvalue weighted by Gasteiger charge is -2.14. The fraction of sp³-hybridized carbons (Fsp3) is 0.250. The van der Waals surface area contributed by atoms with Crippen molar-refractivity contribution in [2.75, 3.05) is 19.6 Å². The summed E-state index contributed by atoms with van der Waals surface area (Å²) in [6.45, 7) is 1.20. The predicted octanol–water partition coefficient (Wildman–Crippen LogP) is 2.98. The van der Waals surface area contributed by atoms with E-state index < -0.39 is 0 Å². The maximum Gasteiger partial charge on any atom is 0.314 e. The first kappa shape index (κ1) is 19.1. The number of halogens is 1. The molecule has 4 amide bonds. The van der Waals surface area contributed by atoms with Crippen LogP contribution in [0, 0.1) is 0 Å². The third-order valence-corrected chi connectivity index (χ3v) is 4.81. The Labute approximate surface area is 166 Å². The molecule has 0 aliphatic carbocycles. The molecule has 2 aromatic carbocycles. The van der Waals surface area contributed by atoms with Crippen LogP contribution < -0.4 is 10.6 Å². The van der Waals surface area contributed by atoms with Crippen molar-refractivity contribution in [3.8, 4) is 0 Å². The summed E-state index contributed by atoms with van der Waals surface area (Å²) in [5.41, 5.74) is 2.01. The molecule has 0 aromatic heterocycles. The van der Waals surface area contributed by atoms with E-state index in [4.69, 9.17) is 0 Å². The van der Waals surface area contributed by atoms with Crippen LogP contribution in [0.2, 0.25) is 0 Å². The highest BCUT2D eigenvalue weighted by Crippen LogP contribution is 2.25. The number of amides is 4. The molecular weight excluding hydrogens is 410 g/mol. The lowest BCUT2D eigenvalue weighted by atomic mass is 10.1. The smallest absolute Gasteiger partial charge is 0.314 e. The maximum absolute atomic E-state index is 12.3. The van der Waals surface area contributed by atoms with E-state index in [1.54, 1.807) is 18.2 Å². The van der Waals surface area contributed by atoms with Gasteiger partial charge in [0.05, 0.1) is 11.1 Å². The quantitative estimate of drug-likeness (QED) is 0.524. The topological polar surface area (TPSA) is 78.5 Å². The number of carbonyl (C=O) groups excluding carboxylic acids is 3. The molecule has 7 heteroatoms. The molecule has 0 saturated carbocycles. The van der Waals surface area contributed by atoms with Gasteiger partial charge in [-0.05, 0) is 36.6 Å². The molecule has 2 N–H and O–H groups in total. The van der Waals surface area contributed by atoms with Gasteiger partial charge < -0.3 is 10.6 Å². The van der Waals surface area contributed by atoms with Gasteiger partial charge in [-0.15, -0.1) is 0 Å². The molecule has 140 valence electrons. The van der Waals surface area contributed by atoms with Gasteiger partial charge in [0.1, 0.15) is 0 Å². The van der Waals surface area contributed by atoms with Gasteiger partial charge in [0.25, 0.3) is 11.8 Å². The van der Waals surface area contributed by atoms with Crippen LogP contribution in [0.3, 0.4) is 0 Å². The van der Waals surface area contributed by atoms with Crippen LogP contribution in [0.5, 0.6) is 0 Å². The monoisotopic (exact) mass is 429 g/mol. The number of nitrogens with zero attached hydrogens (tertiary/aromatic N) is 1. The lowest BCUT2D eigenvalue weighted by molar-refractivity contribution is 0.0653. The summed E-state index contributed by atoms with van der Waals surface area (Å²) in [7, 11) is 0. The van der Waals surface area contributed by atoms with Crippen molar-refractivity contribution in [1.29, 1.82) is 0 Å². The van der Waals surface area contributed by atoms with Crippen LogP contribution in [-0.4, -0.2) is 42.4 Å². The highest BCUT2D eigenvalue weighted by Gasteiger charge is 2.34. The van der Waals surface area contributed by atoms with Gasteiger partial charge in [-0.3, -0.25) is 14.5 Å². The second kappa shape index (κ2) is 8.81. The average molecular weight is 430 g/mol. The van der Waals surface area contributed by atoms with Gasteiger partial charge in [-0.25, -0.2) is 4.79 Å². The summed E-state index contributed by atoms with van der Waals surface area (Å²) in [5.74, 6) is -0.571. The molecule has 3 rings (SSSR count). The van der Waals surface area contributed by atoms with E-state index in [9.17, 15) is 14.4 Å². The molecule has 0 unspecified atom stereocenters. The largest absolute Gasteiger partial charge is 0.338 e. The number of rotatable bonds is 7. The molecule has 1 aliphatic heterocycles. The molecule has 0 spiro atoms. The third-order valence-electron chi connectivity index (χ3n) is 4.32. The zero-order chi connectivity index (χ0) is 19.2. The highest BCUT2D eigenvalue weighted by atomic mass is 79.9. The molecular formula is C20H20BrN3O3. The molecule has 2 aromatic rings. The molecule has 27 heavy (non-hydrogen) atoms. The first-order valence-corrected chi connectivity index (χ1v) is 9.57. The number of carbonyl (C=O) groups is 3. The van der Waals surface area contributed by atoms with Crippen LogP contribution in [0.25, 0.3) is 0 Å². The van der Waals surface area contributed by atoms with Crippen molar-refractivity contribution in [3.05, 3.63) is 69.7 Å². The van der Waals surface area contributed by atoms with Gasteiger partial charge in [-0.1, -0.05) is 46.3 Å². The molecule has 0 atom stereocenters. The number of hydrogen-bond acceptors (Lipinski definition) is 3. The average Bonchev–Trinajstić information content (AvgIpc) is 2.90. The number of fused-ring (bicyclic) bond motifs is 1. The molecule has 0 saturated heterocycles. The number of imide groups is 1. The van der Waals surface area contributed by atoms with Gasteiger partial charge in [0, 0.05) is 24.1 Å². The van der Waals surface area contributed by atoms with Crippen molar-refractivity contribution >= 4 is 33.8 Å². The Hall–Kier alpha value is -2.67. The van der Waals surface area contributed by atoms with E-state index in [0.29, 0.717) is 30.6 Å². The number of benzene rings is 2. The summed E-state index contributed by atoms with van der Waals surface area (Å²) < 4.78 is 0.762. The lowest BCUT2D eigenvalue weighted by Crippen LogP contribution is -2.38. The van der Waals surface area contributed by atoms with Crippen LogP contribution in [0.15, 0.2) is 53.0 Å². The zero-order valence-electron chi connectivity index (χ0n) is 14.7. The molecule has 1 aliphatic rings. The summed E-state index contributed by atoms with van der Waals surface area (Å²) in [6.07, 6.45) is 1.26. The Kier molecular flexibility index (Phi) is 6.24. The minimum atomic E-state index is -0.288. The standard InChI is InChI=1S/C20H20BrN3O3/c21-15-7-8-16-17(13-15)19(26)24(18(16)25)12-4-10-22-20(27)23-11-9-14-5-2-1-3-6-14/h1-3,5-8,13H,4,9-12H2,(H2,22,23,27). The Morgan fingerprint density at radius 1 is 0.926 bits per heavy atom. The van der Waals surface area contributed by atoms with E-state index in [1.165, 1.54) is 4.90 Å². The van der Waals surface area contributed by atoms with Gasteiger partial charge >= 0.3 is 6.03 Å². The Bertz CT molecular complexity index is 855. The fourth-order valence-electron chi connectivity index (χ4n) is 2.93. The third kappa shape index (κ3) is 4.74. The number of hydrogen-bond donors (Lipinski definition) is 2. The van der Waals surface area contributed by atoms with Crippen molar-refractivity contribution in [1.82, 2.24) is 15.5 Å². The van der Waals surface area contributed by atoms with E-state index in [0.717, 1.165) is 16.5 Å². The second-order valence-electron chi connectivity index (χ2n) is 6.22. The summed E-state index contributed by atoms with van der Waals surface area (Å²) in [5, 5.41) is 5.54. The van der Waals surface area contributed by atoms with E-state index >= 15 is 0 Å². The normalized spacial score (nSPS) is 12.9. The molecule has 0 fully saturated rings. The summed E-state index contributed by atoms with van der Waals surface area (Å²) in [6, 6.07) is 14.7. The van der Waals surface area contributed by atoms with Crippen LogP contribution in [0.4, 0.5) is 4.79 Å². The Balaban J connectivity index is 1.37. The molecule has 0 bridgehead atoms. The van der Waals surface area contributed by atoms with Gasteiger partial charge in [0.15, 0.2) is 0 Å². The van der Waals surface area contributed by atoms with Crippen molar-refractivity contribution < 1.29 is 14.4 Å². The van der Waals surface area contributed by atoms with Crippen LogP contribution in [0.1, 0.15) is 32.7 Å². The predicted molar refractivity (Wildman–Crippen MR) is 106 cm³/mol. The Morgan fingerprint density at radius 2 is 1.63 bits per heavy atom. The van der Waals surface area contributed by atoms with Gasteiger partial charge in [-0.2, -0.15) is 0 Å². The first-order valence-electron chi connectivity index (χ1n) is 8.77. The van der Waals surface area contributed by atoms with Gasteiger partial charge in [0.2, 0.25) is 0 Å². The summed E-state index contributed by atoms with van der Waals surface area (Å²) >= 11 is 3.31. The fourth-order valence-corrected chi connectivity index (χ4v) is 3.29. The minimum Gasteiger partial charge on any atom is -0.338 e. The van der Waals surface area contributed by atoms with E-state index in [2.05, 4.69) is 26.6 Å². The van der Waals surface area contributed by atoms with Crippen molar-refractivity contribution in [3.63, 3.8) is 0 Å². The molecule has 6 nitrogen and oxygen atoms in total. The minimum absolute atomic E-state index is 0.253.